The second-order valence-electron chi connectivity index (χ2n) is 5.42. The van der Waals surface area contributed by atoms with Crippen molar-refractivity contribution in [2.45, 2.75) is 31.0 Å². The third-order valence-corrected chi connectivity index (χ3v) is 3.99. The molecule has 1 aromatic rings. The smallest absolute Gasteiger partial charge is 0.287 e. The number of fused-ring (bicyclic) bond motifs is 1. The summed E-state index contributed by atoms with van der Waals surface area (Å²) >= 11 is 0. The predicted octanol–water partition coefficient (Wildman–Crippen LogP) is -0.636. The van der Waals surface area contributed by atoms with Crippen molar-refractivity contribution < 1.29 is 14.6 Å². The first kappa shape index (κ1) is 13.5. The fourth-order valence-corrected chi connectivity index (χ4v) is 3.01. The van der Waals surface area contributed by atoms with E-state index in [2.05, 4.69) is 20.2 Å². The van der Waals surface area contributed by atoms with Gasteiger partial charge < -0.3 is 20.1 Å². The zero-order valence-corrected chi connectivity index (χ0v) is 11.3. The SMILES string of the molecule is O=C(N[C@H]1C[C@H]2CO[C@@H](CCO)CN2C1)c1ncc[nH]1. The van der Waals surface area contributed by atoms with Crippen LogP contribution < -0.4 is 5.32 Å². The lowest BCUT2D eigenvalue weighted by atomic mass is 10.1. The van der Waals surface area contributed by atoms with Gasteiger partial charge in [-0.2, -0.15) is 0 Å². The maximum atomic E-state index is 11.9. The van der Waals surface area contributed by atoms with E-state index in [0.29, 0.717) is 24.9 Å². The molecule has 0 aromatic carbocycles. The zero-order chi connectivity index (χ0) is 13.9. The average molecular weight is 280 g/mol. The molecule has 1 aromatic heterocycles. The molecule has 7 nitrogen and oxygen atoms in total. The van der Waals surface area contributed by atoms with Gasteiger partial charge in [0.1, 0.15) is 0 Å². The highest BCUT2D eigenvalue weighted by Crippen LogP contribution is 2.24. The third kappa shape index (κ3) is 2.84. The van der Waals surface area contributed by atoms with Crippen LogP contribution in [0.5, 0.6) is 0 Å². The monoisotopic (exact) mass is 280 g/mol. The number of aliphatic hydroxyl groups excluding tert-OH is 1. The number of aromatic nitrogens is 2. The van der Waals surface area contributed by atoms with Crippen LogP contribution in [0.1, 0.15) is 23.5 Å². The number of aromatic amines is 1. The van der Waals surface area contributed by atoms with Gasteiger partial charge in [0, 0.05) is 44.2 Å². The van der Waals surface area contributed by atoms with Crippen molar-refractivity contribution in [2.75, 3.05) is 26.3 Å². The number of carbonyl (C=O) groups excluding carboxylic acids is 1. The van der Waals surface area contributed by atoms with E-state index in [4.69, 9.17) is 9.84 Å². The molecule has 3 N–H and O–H groups in total. The van der Waals surface area contributed by atoms with E-state index >= 15 is 0 Å². The number of hydrogen-bond donors (Lipinski definition) is 3. The number of amides is 1. The van der Waals surface area contributed by atoms with Gasteiger partial charge >= 0.3 is 0 Å². The standard InChI is InChI=1S/C13H20N4O3/c18-4-1-11-7-17-6-9(5-10(17)8-20-11)16-13(19)12-14-2-3-15-12/h2-3,9-11,18H,1,4-8H2,(H,14,15)(H,16,19)/t9-,10-,11-/m0/s1. The minimum absolute atomic E-state index is 0.107. The van der Waals surface area contributed by atoms with Gasteiger partial charge in [0.2, 0.25) is 0 Å². The number of aliphatic hydroxyl groups is 1. The molecule has 0 saturated carbocycles. The topological polar surface area (TPSA) is 90.5 Å². The second kappa shape index (κ2) is 5.90. The number of nitrogens with one attached hydrogen (secondary N) is 2. The minimum atomic E-state index is -0.160. The van der Waals surface area contributed by atoms with Crippen molar-refractivity contribution >= 4 is 5.91 Å². The van der Waals surface area contributed by atoms with Crippen LogP contribution >= 0.6 is 0 Å². The van der Waals surface area contributed by atoms with E-state index in [9.17, 15) is 4.79 Å². The van der Waals surface area contributed by atoms with Gasteiger partial charge in [-0.3, -0.25) is 9.69 Å². The molecule has 1 amide bonds. The van der Waals surface area contributed by atoms with Crippen molar-refractivity contribution in [3.63, 3.8) is 0 Å². The minimum Gasteiger partial charge on any atom is -0.396 e. The number of hydrogen-bond acceptors (Lipinski definition) is 5. The Morgan fingerprint density at radius 2 is 2.50 bits per heavy atom. The molecule has 2 saturated heterocycles. The molecule has 0 radical (unpaired) electrons. The van der Waals surface area contributed by atoms with Crippen molar-refractivity contribution in [1.29, 1.82) is 0 Å². The highest BCUT2D eigenvalue weighted by molar-refractivity contribution is 5.90. The van der Waals surface area contributed by atoms with E-state index in [1.165, 1.54) is 0 Å². The number of morpholine rings is 1. The summed E-state index contributed by atoms with van der Waals surface area (Å²) in [6.07, 6.45) is 4.89. The normalized spacial score (nSPS) is 30.1. The summed E-state index contributed by atoms with van der Waals surface area (Å²) in [4.78, 5) is 21.1. The van der Waals surface area contributed by atoms with Crippen molar-refractivity contribution in [3.8, 4) is 0 Å². The Balaban J connectivity index is 1.53. The summed E-state index contributed by atoms with van der Waals surface area (Å²) in [5, 5.41) is 12.0. The van der Waals surface area contributed by atoms with Crippen LogP contribution in [-0.2, 0) is 4.74 Å². The molecule has 3 heterocycles. The van der Waals surface area contributed by atoms with Crippen molar-refractivity contribution in [1.82, 2.24) is 20.2 Å². The molecular weight excluding hydrogens is 260 g/mol. The number of rotatable bonds is 4. The molecule has 20 heavy (non-hydrogen) atoms. The fraction of sp³-hybridized carbons (Fsp3) is 0.692. The van der Waals surface area contributed by atoms with Crippen LogP contribution in [0.25, 0.3) is 0 Å². The first-order chi connectivity index (χ1) is 9.76. The summed E-state index contributed by atoms with van der Waals surface area (Å²) in [6, 6.07) is 0.501. The van der Waals surface area contributed by atoms with E-state index in [1.54, 1.807) is 12.4 Å². The maximum Gasteiger partial charge on any atom is 0.287 e. The Hall–Kier alpha value is -1.44. The summed E-state index contributed by atoms with van der Waals surface area (Å²) in [5.41, 5.74) is 0. The first-order valence-electron chi connectivity index (χ1n) is 7.03. The predicted molar refractivity (Wildman–Crippen MR) is 71.3 cm³/mol. The molecule has 0 spiro atoms. The molecule has 2 aliphatic rings. The van der Waals surface area contributed by atoms with Gasteiger partial charge in [0.05, 0.1) is 12.7 Å². The van der Waals surface area contributed by atoms with Gasteiger partial charge in [0.15, 0.2) is 5.82 Å². The number of nitrogens with zero attached hydrogens (tertiary/aromatic N) is 2. The Morgan fingerprint density at radius 1 is 1.60 bits per heavy atom. The van der Waals surface area contributed by atoms with Crippen LogP contribution in [0, 0.1) is 0 Å². The first-order valence-corrected chi connectivity index (χ1v) is 7.03. The Morgan fingerprint density at radius 3 is 3.25 bits per heavy atom. The highest BCUT2D eigenvalue weighted by atomic mass is 16.5. The molecule has 3 atom stereocenters. The number of ether oxygens (including phenoxy) is 1. The highest BCUT2D eigenvalue weighted by Gasteiger charge is 2.37. The van der Waals surface area contributed by atoms with Crippen LogP contribution in [-0.4, -0.2) is 70.4 Å². The van der Waals surface area contributed by atoms with Gasteiger partial charge in [-0.1, -0.05) is 0 Å². The molecule has 110 valence electrons. The Labute approximate surface area is 117 Å². The van der Waals surface area contributed by atoms with Crippen LogP contribution in [0.15, 0.2) is 12.4 Å². The molecule has 0 unspecified atom stereocenters. The molecule has 0 aliphatic carbocycles. The van der Waals surface area contributed by atoms with Crippen molar-refractivity contribution in [3.05, 3.63) is 18.2 Å². The molecule has 2 fully saturated rings. The fourth-order valence-electron chi connectivity index (χ4n) is 3.01. The van der Waals surface area contributed by atoms with E-state index in [1.807, 2.05) is 0 Å². The van der Waals surface area contributed by atoms with Gasteiger partial charge in [-0.05, 0) is 12.8 Å². The van der Waals surface area contributed by atoms with Gasteiger partial charge in [0.25, 0.3) is 5.91 Å². The maximum absolute atomic E-state index is 11.9. The zero-order valence-electron chi connectivity index (χ0n) is 11.3. The number of carbonyl (C=O) groups is 1. The number of imidazole rings is 1. The lowest BCUT2D eigenvalue weighted by Crippen LogP contribution is -2.46. The molecule has 7 heteroatoms. The second-order valence-corrected chi connectivity index (χ2v) is 5.42. The van der Waals surface area contributed by atoms with Gasteiger partial charge in [-0.15, -0.1) is 0 Å². The summed E-state index contributed by atoms with van der Waals surface area (Å²) in [5.74, 6) is 0.192. The van der Waals surface area contributed by atoms with E-state index < -0.39 is 0 Å². The largest absolute Gasteiger partial charge is 0.396 e. The lowest BCUT2D eigenvalue weighted by molar-refractivity contribution is -0.0566. The third-order valence-electron chi connectivity index (χ3n) is 3.99. The Kier molecular flexibility index (Phi) is 4.00. The molecule has 2 aliphatic heterocycles. The van der Waals surface area contributed by atoms with Crippen LogP contribution in [0.2, 0.25) is 0 Å². The molecule has 0 bridgehead atoms. The average Bonchev–Trinajstić information content (AvgIpc) is 3.06. The summed E-state index contributed by atoms with van der Waals surface area (Å²) < 4.78 is 5.72. The summed E-state index contributed by atoms with van der Waals surface area (Å²) in [6.45, 7) is 2.50. The van der Waals surface area contributed by atoms with E-state index in [-0.39, 0.29) is 24.7 Å². The number of H-pyrrole nitrogens is 1. The molecule has 3 rings (SSSR count). The lowest BCUT2D eigenvalue weighted by Gasteiger charge is -2.34. The quantitative estimate of drug-likeness (QED) is 0.683. The van der Waals surface area contributed by atoms with E-state index in [0.717, 1.165) is 19.5 Å². The summed E-state index contributed by atoms with van der Waals surface area (Å²) in [7, 11) is 0. The van der Waals surface area contributed by atoms with Gasteiger partial charge in [-0.25, -0.2) is 4.98 Å². The Bertz CT molecular complexity index is 450. The van der Waals surface area contributed by atoms with Crippen LogP contribution in [0.3, 0.4) is 0 Å². The van der Waals surface area contributed by atoms with Crippen LogP contribution in [0.4, 0.5) is 0 Å². The van der Waals surface area contributed by atoms with Crippen molar-refractivity contribution in [2.24, 2.45) is 0 Å². The molecular formula is C13H20N4O3.